The lowest BCUT2D eigenvalue weighted by molar-refractivity contribution is -0.139. The maximum atomic E-state index is 14.2. The van der Waals surface area contributed by atoms with Gasteiger partial charge in [-0.05, 0) is 67.3 Å². The summed E-state index contributed by atoms with van der Waals surface area (Å²) in [5.41, 5.74) is 3.91. The van der Waals surface area contributed by atoms with Gasteiger partial charge in [0.2, 0.25) is 5.91 Å². The van der Waals surface area contributed by atoms with Crippen LogP contribution in [-0.4, -0.2) is 53.6 Å². The molecule has 3 aromatic rings. The standard InChI is InChI=1S/C31H36N4O3/c1-38-20-28-24-16-19-35(29(24)23-8-2-4-10-26(23)32-28)31(37)25-9-3-5-11-27(25)33-30(36)21-12-14-22(15-13-21)34-17-6-7-18-34/h2,4,6-8,10,12-15,17-18,24-25,27-29,32H,3,5,9,11,16,19-20H2,1H3,(H,33,36)/t24-,25-,27+,28-,29-/m0/s1. The highest BCUT2D eigenvalue weighted by atomic mass is 16.5. The molecule has 0 radical (unpaired) electrons. The second kappa shape index (κ2) is 10.7. The first-order valence-electron chi connectivity index (χ1n) is 13.8. The molecule has 2 fully saturated rings. The number of ether oxygens (including phenoxy) is 1. The van der Waals surface area contributed by atoms with Crippen LogP contribution in [0.15, 0.2) is 73.1 Å². The first-order valence-corrected chi connectivity index (χ1v) is 13.8. The molecule has 5 atom stereocenters. The lowest BCUT2D eigenvalue weighted by atomic mass is 9.81. The van der Waals surface area contributed by atoms with Crippen LogP contribution in [0, 0.1) is 11.8 Å². The second-order valence-electron chi connectivity index (χ2n) is 10.8. The topological polar surface area (TPSA) is 75.6 Å². The van der Waals surface area contributed by atoms with Gasteiger partial charge in [0.1, 0.15) is 0 Å². The highest BCUT2D eigenvalue weighted by molar-refractivity contribution is 5.95. The monoisotopic (exact) mass is 512 g/mol. The molecule has 3 heterocycles. The summed E-state index contributed by atoms with van der Waals surface area (Å²) in [6, 6.07) is 20.0. The lowest BCUT2D eigenvalue weighted by Crippen LogP contribution is -2.50. The Morgan fingerprint density at radius 3 is 2.53 bits per heavy atom. The molecule has 7 heteroatoms. The van der Waals surface area contributed by atoms with Crippen LogP contribution in [0.25, 0.3) is 5.69 Å². The number of hydrogen-bond acceptors (Lipinski definition) is 4. The number of likely N-dealkylation sites (tertiary alicyclic amines) is 1. The van der Waals surface area contributed by atoms with E-state index in [9.17, 15) is 9.59 Å². The number of rotatable bonds is 6. The van der Waals surface area contributed by atoms with E-state index in [0.717, 1.165) is 50.0 Å². The van der Waals surface area contributed by atoms with Gasteiger partial charge in [0.05, 0.1) is 24.6 Å². The first kappa shape index (κ1) is 24.7. The van der Waals surface area contributed by atoms with Crippen molar-refractivity contribution in [3.63, 3.8) is 0 Å². The summed E-state index contributed by atoms with van der Waals surface area (Å²) in [6.45, 7) is 1.35. The maximum absolute atomic E-state index is 14.2. The third-order valence-corrected chi connectivity index (χ3v) is 8.64. The Balaban J connectivity index is 1.20. The Morgan fingerprint density at radius 2 is 1.74 bits per heavy atom. The number of nitrogens with one attached hydrogen (secondary N) is 2. The van der Waals surface area contributed by atoms with Crippen molar-refractivity contribution in [1.82, 2.24) is 14.8 Å². The minimum Gasteiger partial charge on any atom is -0.383 e. The largest absolute Gasteiger partial charge is 0.383 e. The maximum Gasteiger partial charge on any atom is 0.251 e. The summed E-state index contributed by atoms with van der Waals surface area (Å²) in [4.78, 5) is 29.5. The molecule has 1 aromatic heterocycles. The SMILES string of the molecule is COC[C@@H]1Nc2ccccc2[C@H]2[C@H]1CCN2C(=O)[C@H]1CCCC[C@H]1NC(=O)c1ccc(-n2cccc2)cc1. The third-order valence-electron chi connectivity index (χ3n) is 8.64. The number of carbonyl (C=O) groups excluding carboxylic acids is 2. The van der Waals surface area contributed by atoms with Crippen molar-refractivity contribution in [1.29, 1.82) is 0 Å². The molecule has 0 unspecified atom stereocenters. The summed E-state index contributed by atoms with van der Waals surface area (Å²) >= 11 is 0. The molecule has 2 N–H and O–H groups in total. The molecule has 6 rings (SSSR count). The molecule has 3 aliphatic rings. The number of benzene rings is 2. The zero-order chi connectivity index (χ0) is 26.1. The van der Waals surface area contributed by atoms with Crippen LogP contribution >= 0.6 is 0 Å². The molecule has 1 saturated carbocycles. The minimum absolute atomic E-state index is 0.0413. The summed E-state index contributed by atoms with van der Waals surface area (Å²) < 4.78 is 7.54. The van der Waals surface area contributed by atoms with Gasteiger partial charge in [-0.3, -0.25) is 9.59 Å². The van der Waals surface area contributed by atoms with E-state index in [2.05, 4.69) is 33.7 Å². The molecule has 0 spiro atoms. The van der Waals surface area contributed by atoms with Crippen molar-refractivity contribution in [2.45, 2.75) is 50.2 Å². The fraction of sp³-hybridized carbons (Fsp3) is 0.419. The zero-order valence-corrected chi connectivity index (χ0v) is 21.9. The van der Waals surface area contributed by atoms with E-state index in [1.165, 1.54) is 5.56 Å². The van der Waals surface area contributed by atoms with Crippen molar-refractivity contribution in [2.24, 2.45) is 11.8 Å². The molecule has 1 saturated heterocycles. The van der Waals surface area contributed by atoms with Gasteiger partial charge in [-0.1, -0.05) is 31.0 Å². The summed E-state index contributed by atoms with van der Waals surface area (Å²) in [5.74, 6) is 0.177. The molecular weight excluding hydrogens is 476 g/mol. The molecule has 7 nitrogen and oxygen atoms in total. The molecule has 2 aliphatic heterocycles. The van der Waals surface area contributed by atoms with E-state index in [1.807, 2.05) is 59.4 Å². The first-order chi connectivity index (χ1) is 18.6. The normalized spacial score (nSPS) is 26.2. The second-order valence-corrected chi connectivity index (χ2v) is 10.8. The van der Waals surface area contributed by atoms with Gasteiger partial charge in [-0.15, -0.1) is 0 Å². The molecule has 2 amide bonds. The van der Waals surface area contributed by atoms with Gasteiger partial charge in [0.15, 0.2) is 0 Å². The van der Waals surface area contributed by atoms with Crippen LogP contribution in [-0.2, 0) is 9.53 Å². The Morgan fingerprint density at radius 1 is 0.974 bits per heavy atom. The van der Waals surface area contributed by atoms with Crippen LogP contribution in [0.1, 0.15) is 54.1 Å². The van der Waals surface area contributed by atoms with Gasteiger partial charge < -0.3 is 24.8 Å². The van der Waals surface area contributed by atoms with Gasteiger partial charge in [0.25, 0.3) is 5.91 Å². The van der Waals surface area contributed by atoms with Gasteiger partial charge in [-0.2, -0.15) is 0 Å². The number of para-hydroxylation sites is 1. The van der Waals surface area contributed by atoms with E-state index >= 15 is 0 Å². The molecule has 0 bridgehead atoms. The van der Waals surface area contributed by atoms with E-state index in [1.54, 1.807) is 7.11 Å². The average Bonchev–Trinajstić information content (AvgIpc) is 3.65. The zero-order valence-electron chi connectivity index (χ0n) is 21.9. The van der Waals surface area contributed by atoms with Crippen molar-refractivity contribution in [2.75, 3.05) is 25.6 Å². The number of methoxy groups -OCH3 is 1. The fourth-order valence-corrected chi connectivity index (χ4v) is 6.78. The Bertz CT molecular complexity index is 1270. The quantitative estimate of drug-likeness (QED) is 0.498. The van der Waals surface area contributed by atoms with Crippen molar-refractivity contribution < 1.29 is 14.3 Å². The number of aromatic nitrogens is 1. The summed E-state index contributed by atoms with van der Waals surface area (Å²) in [7, 11) is 1.73. The van der Waals surface area contributed by atoms with E-state index in [4.69, 9.17) is 4.74 Å². The smallest absolute Gasteiger partial charge is 0.251 e. The van der Waals surface area contributed by atoms with Crippen LogP contribution in [0.2, 0.25) is 0 Å². The average molecular weight is 513 g/mol. The van der Waals surface area contributed by atoms with Crippen LogP contribution in [0.4, 0.5) is 5.69 Å². The highest BCUT2D eigenvalue weighted by Gasteiger charge is 2.48. The highest BCUT2D eigenvalue weighted by Crippen LogP contribution is 2.47. The van der Waals surface area contributed by atoms with Crippen LogP contribution in [0.5, 0.6) is 0 Å². The minimum atomic E-state index is -0.200. The van der Waals surface area contributed by atoms with Crippen LogP contribution in [0.3, 0.4) is 0 Å². The predicted octanol–water partition coefficient (Wildman–Crippen LogP) is 4.80. The number of amides is 2. The van der Waals surface area contributed by atoms with Crippen molar-refractivity contribution >= 4 is 17.5 Å². The van der Waals surface area contributed by atoms with Crippen molar-refractivity contribution in [3.05, 3.63) is 84.2 Å². The number of anilines is 1. The van der Waals surface area contributed by atoms with Gasteiger partial charge >= 0.3 is 0 Å². The Labute approximate surface area is 224 Å². The lowest BCUT2D eigenvalue weighted by Gasteiger charge is -2.41. The van der Waals surface area contributed by atoms with Crippen molar-refractivity contribution in [3.8, 4) is 5.69 Å². The Kier molecular flexibility index (Phi) is 6.94. The third kappa shape index (κ3) is 4.60. The number of nitrogens with zero attached hydrogens (tertiary/aromatic N) is 2. The Hall–Kier alpha value is -3.58. The molecule has 38 heavy (non-hydrogen) atoms. The number of carbonyl (C=O) groups is 2. The molecular formula is C31H36N4O3. The number of fused-ring (bicyclic) bond motifs is 3. The van der Waals surface area contributed by atoms with E-state index < -0.39 is 0 Å². The molecule has 198 valence electrons. The van der Waals surface area contributed by atoms with Gasteiger partial charge in [0, 0.05) is 54.9 Å². The number of hydrogen-bond donors (Lipinski definition) is 2. The fourth-order valence-electron chi connectivity index (χ4n) is 6.78. The summed E-state index contributed by atoms with van der Waals surface area (Å²) in [5, 5.41) is 6.89. The summed E-state index contributed by atoms with van der Waals surface area (Å²) in [6.07, 6.45) is 8.59. The van der Waals surface area contributed by atoms with Crippen LogP contribution < -0.4 is 10.6 Å². The molecule has 2 aromatic carbocycles. The predicted molar refractivity (Wildman–Crippen MR) is 147 cm³/mol. The van der Waals surface area contributed by atoms with E-state index in [0.29, 0.717) is 18.1 Å². The molecule has 1 aliphatic carbocycles. The van der Waals surface area contributed by atoms with E-state index in [-0.39, 0.29) is 35.9 Å². The van der Waals surface area contributed by atoms with Gasteiger partial charge in [-0.25, -0.2) is 0 Å².